The Morgan fingerprint density at radius 1 is 1.47 bits per heavy atom. The molecule has 0 spiro atoms. The van der Waals surface area contributed by atoms with Crippen LogP contribution >= 0.6 is 11.3 Å². The molecule has 0 fully saturated rings. The first-order valence-electron chi connectivity index (χ1n) is 5.83. The summed E-state index contributed by atoms with van der Waals surface area (Å²) in [6.07, 6.45) is 0.296. The lowest BCUT2D eigenvalue weighted by atomic mass is 10.3. The maximum Gasteiger partial charge on any atom is 0.263 e. The first-order valence-corrected chi connectivity index (χ1v) is 6.65. The van der Waals surface area contributed by atoms with Gasteiger partial charge in [-0.05, 0) is 12.1 Å². The van der Waals surface area contributed by atoms with E-state index in [0.29, 0.717) is 24.4 Å². The van der Waals surface area contributed by atoms with Gasteiger partial charge in [-0.1, -0.05) is 11.8 Å². The summed E-state index contributed by atoms with van der Waals surface area (Å²) >= 11 is 1.33. The molecule has 19 heavy (non-hydrogen) atoms. The van der Waals surface area contributed by atoms with Crippen molar-refractivity contribution in [3.8, 4) is 11.8 Å². The Balaban J connectivity index is 2.61. The summed E-state index contributed by atoms with van der Waals surface area (Å²) in [7, 11) is 3.25. The Bertz CT molecular complexity index is 513. The highest BCUT2D eigenvalue weighted by molar-refractivity contribution is 7.14. The minimum atomic E-state index is -0.102. The Morgan fingerprint density at radius 3 is 2.84 bits per heavy atom. The largest absolute Gasteiger partial charge is 0.359 e. The summed E-state index contributed by atoms with van der Waals surface area (Å²) in [6, 6.07) is 3.54. The summed E-state index contributed by atoms with van der Waals surface area (Å²) in [4.78, 5) is 26.1. The minimum absolute atomic E-state index is 0.0830. The lowest BCUT2D eigenvalue weighted by Gasteiger charge is -2.15. The van der Waals surface area contributed by atoms with E-state index in [4.69, 9.17) is 5.73 Å². The van der Waals surface area contributed by atoms with Crippen LogP contribution in [0.5, 0.6) is 0 Å². The van der Waals surface area contributed by atoms with Crippen molar-refractivity contribution in [2.24, 2.45) is 5.73 Å². The standard InChI is InChI=1S/C13H17N3O2S/c1-15-12(17)7-9-16(2)13(18)11-6-5-10(19-11)4-3-8-14/h5-6H,7-9,14H2,1-2H3,(H,15,17). The quantitative estimate of drug-likeness (QED) is 0.777. The maximum absolute atomic E-state index is 12.1. The van der Waals surface area contributed by atoms with Gasteiger partial charge in [0.2, 0.25) is 5.91 Å². The molecule has 0 aromatic carbocycles. The van der Waals surface area contributed by atoms with Crippen LogP contribution in [0.25, 0.3) is 0 Å². The molecular formula is C13H17N3O2S. The Hall–Kier alpha value is -1.84. The molecule has 1 aromatic heterocycles. The summed E-state index contributed by atoms with van der Waals surface area (Å²) < 4.78 is 0. The van der Waals surface area contributed by atoms with Gasteiger partial charge >= 0.3 is 0 Å². The molecule has 0 saturated heterocycles. The van der Waals surface area contributed by atoms with E-state index in [1.807, 2.05) is 0 Å². The van der Waals surface area contributed by atoms with E-state index in [-0.39, 0.29) is 11.8 Å². The SMILES string of the molecule is CNC(=O)CCN(C)C(=O)c1ccc(C#CCN)s1. The molecule has 0 saturated carbocycles. The summed E-state index contributed by atoms with van der Waals surface area (Å²) in [5.41, 5.74) is 5.29. The highest BCUT2D eigenvalue weighted by atomic mass is 32.1. The van der Waals surface area contributed by atoms with Crippen LogP contribution < -0.4 is 11.1 Å². The van der Waals surface area contributed by atoms with E-state index in [1.54, 1.807) is 26.2 Å². The molecule has 3 N–H and O–H groups in total. The van der Waals surface area contributed by atoms with Crippen LogP contribution in [-0.2, 0) is 4.79 Å². The number of hydrogen-bond donors (Lipinski definition) is 2. The van der Waals surface area contributed by atoms with E-state index in [9.17, 15) is 9.59 Å². The van der Waals surface area contributed by atoms with Crippen molar-refractivity contribution in [1.82, 2.24) is 10.2 Å². The zero-order chi connectivity index (χ0) is 14.3. The second-order valence-corrected chi connectivity index (χ2v) is 4.90. The third-order valence-electron chi connectivity index (χ3n) is 2.43. The molecule has 0 radical (unpaired) electrons. The number of nitrogens with zero attached hydrogens (tertiary/aromatic N) is 1. The second kappa shape index (κ2) is 7.56. The number of nitrogens with one attached hydrogen (secondary N) is 1. The molecule has 1 heterocycles. The van der Waals surface area contributed by atoms with E-state index in [1.165, 1.54) is 16.2 Å². The van der Waals surface area contributed by atoms with Gasteiger partial charge in [-0.15, -0.1) is 11.3 Å². The number of nitrogens with two attached hydrogens (primary N) is 1. The smallest absolute Gasteiger partial charge is 0.263 e. The highest BCUT2D eigenvalue weighted by Gasteiger charge is 2.14. The summed E-state index contributed by atoms with van der Waals surface area (Å²) in [5, 5.41) is 2.52. The average Bonchev–Trinajstić information content (AvgIpc) is 2.89. The van der Waals surface area contributed by atoms with Gasteiger partial charge in [0.05, 0.1) is 16.3 Å². The van der Waals surface area contributed by atoms with Gasteiger partial charge in [0.15, 0.2) is 0 Å². The van der Waals surface area contributed by atoms with Crippen LogP contribution in [-0.4, -0.2) is 43.9 Å². The second-order valence-electron chi connectivity index (χ2n) is 3.82. The fourth-order valence-corrected chi connectivity index (χ4v) is 2.22. The predicted molar refractivity (Wildman–Crippen MR) is 75.9 cm³/mol. The number of amides is 2. The highest BCUT2D eigenvalue weighted by Crippen LogP contribution is 2.17. The maximum atomic E-state index is 12.1. The Morgan fingerprint density at radius 2 is 2.21 bits per heavy atom. The van der Waals surface area contributed by atoms with E-state index in [0.717, 1.165) is 4.88 Å². The third kappa shape index (κ3) is 4.73. The van der Waals surface area contributed by atoms with Crippen LogP contribution in [0.3, 0.4) is 0 Å². The van der Waals surface area contributed by atoms with Gasteiger partial charge in [-0.2, -0.15) is 0 Å². The Kier molecular flexibility index (Phi) is 6.06. The normalized spacial score (nSPS) is 9.42. The molecule has 0 aliphatic rings. The molecule has 0 aliphatic carbocycles. The molecule has 6 heteroatoms. The molecule has 1 rings (SSSR count). The number of rotatable bonds is 4. The van der Waals surface area contributed by atoms with Crippen LogP contribution in [0.4, 0.5) is 0 Å². The van der Waals surface area contributed by atoms with Crippen molar-refractivity contribution >= 4 is 23.2 Å². The van der Waals surface area contributed by atoms with Crippen molar-refractivity contribution < 1.29 is 9.59 Å². The van der Waals surface area contributed by atoms with Gasteiger partial charge in [-0.25, -0.2) is 0 Å². The molecular weight excluding hydrogens is 262 g/mol. The van der Waals surface area contributed by atoms with Gasteiger partial charge < -0.3 is 16.0 Å². The number of carbonyl (C=O) groups excluding carboxylic acids is 2. The molecule has 0 unspecified atom stereocenters. The first kappa shape index (κ1) is 15.2. The van der Waals surface area contributed by atoms with Crippen molar-refractivity contribution in [1.29, 1.82) is 0 Å². The third-order valence-corrected chi connectivity index (χ3v) is 3.42. The lowest BCUT2D eigenvalue weighted by molar-refractivity contribution is -0.120. The molecule has 5 nitrogen and oxygen atoms in total. The lowest BCUT2D eigenvalue weighted by Crippen LogP contribution is -2.30. The van der Waals surface area contributed by atoms with E-state index in [2.05, 4.69) is 17.2 Å². The molecule has 1 aromatic rings. The first-order chi connectivity index (χ1) is 9.08. The van der Waals surface area contributed by atoms with Crippen molar-refractivity contribution in [3.05, 3.63) is 21.9 Å². The van der Waals surface area contributed by atoms with Crippen LogP contribution in [0.15, 0.2) is 12.1 Å². The average molecular weight is 279 g/mol. The predicted octanol–water partition coefficient (Wildman–Crippen LogP) is 0.266. The van der Waals surface area contributed by atoms with Crippen molar-refractivity contribution in [3.63, 3.8) is 0 Å². The summed E-state index contributed by atoms with van der Waals surface area (Å²) in [6.45, 7) is 0.688. The van der Waals surface area contributed by atoms with Crippen LogP contribution in [0, 0.1) is 11.8 Å². The van der Waals surface area contributed by atoms with Crippen LogP contribution in [0.2, 0.25) is 0 Å². The molecule has 102 valence electrons. The minimum Gasteiger partial charge on any atom is -0.359 e. The van der Waals surface area contributed by atoms with E-state index >= 15 is 0 Å². The van der Waals surface area contributed by atoms with Gasteiger partial charge in [0, 0.05) is 27.1 Å². The van der Waals surface area contributed by atoms with Gasteiger partial charge in [0.25, 0.3) is 5.91 Å². The Labute approximate surface area is 116 Å². The fourth-order valence-electron chi connectivity index (χ4n) is 1.34. The van der Waals surface area contributed by atoms with E-state index < -0.39 is 0 Å². The zero-order valence-corrected chi connectivity index (χ0v) is 11.8. The topological polar surface area (TPSA) is 75.4 Å². The molecule has 0 atom stereocenters. The van der Waals surface area contributed by atoms with Gasteiger partial charge in [0.1, 0.15) is 0 Å². The zero-order valence-electron chi connectivity index (χ0n) is 11.0. The number of hydrogen-bond acceptors (Lipinski definition) is 4. The van der Waals surface area contributed by atoms with Gasteiger partial charge in [-0.3, -0.25) is 9.59 Å². The monoisotopic (exact) mass is 279 g/mol. The molecule has 0 bridgehead atoms. The molecule has 0 aliphatic heterocycles. The fraction of sp³-hybridized carbons (Fsp3) is 0.385. The van der Waals surface area contributed by atoms with Crippen molar-refractivity contribution in [2.75, 3.05) is 27.2 Å². The molecule has 2 amide bonds. The number of thiophene rings is 1. The number of carbonyl (C=O) groups is 2. The van der Waals surface area contributed by atoms with Crippen LogP contribution in [0.1, 0.15) is 21.0 Å². The van der Waals surface area contributed by atoms with Crippen molar-refractivity contribution in [2.45, 2.75) is 6.42 Å². The summed E-state index contributed by atoms with van der Waals surface area (Å²) in [5.74, 6) is 5.45.